The summed E-state index contributed by atoms with van der Waals surface area (Å²) < 4.78 is 2.02. The van der Waals surface area contributed by atoms with Crippen molar-refractivity contribution in [2.24, 2.45) is 0 Å². The molecule has 0 aromatic carbocycles. The first-order valence-corrected chi connectivity index (χ1v) is 6.68. The number of carboxylic acid groups (broad SMARTS) is 1. The zero-order valence-electron chi connectivity index (χ0n) is 12.0. The van der Waals surface area contributed by atoms with Gasteiger partial charge in [-0.25, -0.2) is 9.78 Å². The van der Waals surface area contributed by atoms with E-state index in [1.165, 1.54) is 0 Å². The quantitative estimate of drug-likeness (QED) is 0.823. The molecule has 20 heavy (non-hydrogen) atoms. The van der Waals surface area contributed by atoms with Crippen molar-refractivity contribution in [3.8, 4) is 5.82 Å². The third-order valence-corrected chi connectivity index (χ3v) is 3.12. The zero-order valence-corrected chi connectivity index (χ0v) is 12.0. The van der Waals surface area contributed by atoms with Crippen molar-refractivity contribution in [3.05, 3.63) is 41.1 Å². The minimum absolute atomic E-state index is 0.721. The highest BCUT2D eigenvalue weighted by Crippen LogP contribution is 2.20. The SMILES string of the molecule is CCCc1nc(-n2c(C)ccc2C)c(C=CC(=O)O)[nH]1. The lowest BCUT2D eigenvalue weighted by Gasteiger charge is -2.06. The number of aryl methyl sites for hydroxylation is 3. The van der Waals surface area contributed by atoms with Crippen molar-refractivity contribution in [2.45, 2.75) is 33.6 Å². The normalized spacial score (nSPS) is 11.3. The van der Waals surface area contributed by atoms with Crippen LogP contribution < -0.4 is 0 Å². The Labute approximate surface area is 118 Å². The average Bonchev–Trinajstić information content (AvgIpc) is 2.91. The third-order valence-electron chi connectivity index (χ3n) is 3.12. The van der Waals surface area contributed by atoms with E-state index in [0.717, 1.165) is 47.6 Å². The maximum absolute atomic E-state index is 10.7. The van der Waals surface area contributed by atoms with Gasteiger partial charge in [0.1, 0.15) is 5.82 Å². The molecule has 5 heteroatoms. The molecule has 2 rings (SSSR count). The van der Waals surface area contributed by atoms with E-state index in [0.29, 0.717) is 0 Å². The summed E-state index contributed by atoms with van der Waals surface area (Å²) in [5.41, 5.74) is 2.86. The molecule has 0 spiro atoms. The van der Waals surface area contributed by atoms with E-state index in [4.69, 9.17) is 5.11 Å². The molecule has 0 atom stereocenters. The fraction of sp³-hybridized carbons (Fsp3) is 0.333. The third kappa shape index (κ3) is 2.82. The highest BCUT2D eigenvalue weighted by molar-refractivity contribution is 5.85. The van der Waals surface area contributed by atoms with E-state index in [1.54, 1.807) is 6.08 Å². The average molecular weight is 273 g/mol. The fourth-order valence-corrected chi connectivity index (χ4v) is 2.23. The van der Waals surface area contributed by atoms with Crippen LogP contribution >= 0.6 is 0 Å². The van der Waals surface area contributed by atoms with E-state index in [9.17, 15) is 4.79 Å². The van der Waals surface area contributed by atoms with Crippen molar-refractivity contribution in [2.75, 3.05) is 0 Å². The second-order valence-corrected chi connectivity index (χ2v) is 4.79. The first kappa shape index (κ1) is 14.1. The first-order valence-electron chi connectivity index (χ1n) is 6.68. The van der Waals surface area contributed by atoms with Crippen molar-refractivity contribution in [3.63, 3.8) is 0 Å². The largest absolute Gasteiger partial charge is 0.478 e. The zero-order chi connectivity index (χ0) is 14.7. The van der Waals surface area contributed by atoms with Crippen LogP contribution in [0, 0.1) is 13.8 Å². The van der Waals surface area contributed by atoms with Crippen LogP contribution in [0.5, 0.6) is 0 Å². The number of imidazole rings is 1. The number of rotatable bonds is 5. The van der Waals surface area contributed by atoms with Crippen LogP contribution in [0.2, 0.25) is 0 Å². The van der Waals surface area contributed by atoms with Crippen LogP contribution in [-0.2, 0) is 11.2 Å². The maximum atomic E-state index is 10.7. The molecule has 2 heterocycles. The number of nitrogens with zero attached hydrogens (tertiary/aromatic N) is 2. The maximum Gasteiger partial charge on any atom is 0.328 e. The van der Waals surface area contributed by atoms with E-state index in [1.807, 2.05) is 30.5 Å². The van der Waals surface area contributed by atoms with E-state index >= 15 is 0 Å². The molecule has 0 saturated carbocycles. The summed E-state index contributed by atoms with van der Waals surface area (Å²) in [6.45, 7) is 6.10. The molecular weight excluding hydrogens is 254 g/mol. The van der Waals surface area contributed by atoms with Gasteiger partial charge in [-0.2, -0.15) is 0 Å². The number of H-pyrrole nitrogens is 1. The molecule has 0 amide bonds. The van der Waals surface area contributed by atoms with Gasteiger partial charge in [-0.3, -0.25) is 0 Å². The number of nitrogens with one attached hydrogen (secondary N) is 1. The molecule has 0 aliphatic carbocycles. The summed E-state index contributed by atoms with van der Waals surface area (Å²) in [7, 11) is 0. The summed E-state index contributed by atoms with van der Waals surface area (Å²) >= 11 is 0. The van der Waals surface area contributed by atoms with E-state index in [-0.39, 0.29) is 0 Å². The molecule has 0 aliphatic heterocycles. The Balaban J connectivity index is 2.52. The molecule has 0 radical (unpaired) electrons. The molecule has 0 saturated heterocycles. The number of hydrogen-bond acceptors (Lipinski definition) is 2. The Hall–Kier alpha value is -2.30. The molecule has 106 valence electrons. The number of carbonyl (C=O) groups is 1. The molecule has 2 aromatic heterocycles. The molecule has 5 nitrogen and oxygen atoms in total. The number of hydrogen-bond donors (Lipinski definition) is 2. The number of aromatic nitrogens is 3. The van der Waals surface area contributed by atoms with Gasteiger partial charge in [-0.15, -0.1) is 0 Å². The van der Waals surface area contributed by atoms with Crippen molar-refractivity contribution in [1.82, 2.24) is 14.5 Å². The van der Waals surface area contributed by atoms with Gasteiger partial charge in [0.25, 0.3) is 0 Å². The smallest absolute Gasteiger partial charge is 0.328 e. The molecule has 0 unspecified atom stereocenters. The molecule has 2 aromatic rings. The van der Waals surface area contributed by atoms with E-state index in [2.05, 4.69) is 16.9 Å². The summed E-state index contributed by atoms with van der Waals surface area (Å²) in [6.07, 6.45) is 4.51. The topological polar surface area (TPSA) is 70.9 Å². The Morgan fingerprint density at radius 2 is 2.05 bits per heavy atom. The Morgan fingerprint density at radius 3 is 2.60 bits per heavy atom. The molecule has 2 N–H and O–H groups in total. The predicted molar refractivity (Wildman–Crippen MR) is 78.1 cm³/mol. The van der Waals surface area contributed by atoms with Crippen LogP contribution in [0.3, 0.4) is 0 Å². The van der Waals surface area contributed by atoms with Crippen LogP contribution in [0.15, 0.2) is 18.2 Å². The molecule has 0 bridgehead atoms. The van der Waals surface area contributed by atoms with Gasteiger partial charge in [0.2, 0.25) is 0 Å². The van der Waals surface area contributed by atoms with Crippen LogP contribution in [0.4, 0.5) is 0 Å². The van der Waals surface area contributed by atoms with Gasteiger partial charge in [0.15, 0.2) is 5.82 Å². The van der Waals surface area contributed by atoms with Gasteiger partial charge in [-0.05, 0) is 38.5 Å². The summed E-state index contributed by atoms with van der Waals surface area (Å²) in [6, 6.07) is 4.04. The van der Waals surface area contributed by atoms with Gasteiger partial charge in [0, 0.05) is 23.9 Å². The summed E-state index contributed by atoms with van der Waals surface area (Å²) in [5, 5.41) is 8.79. The lowest BCUT2D eigenvalue weighted by molar-refractivity contribution is -0.131. The van der Waals surface area contributed by atoms with Gasteiger partial charge in [-0.1, -0.05) is 6.92 Å². The van der Waals surface area contributed by atoms with E-state index < -0.39 is 5.97 Å². The first-order chi connectivity index (χ1) is 9.52. The second-order valence-electron chi connectivity index (χ2n) is 4.79. The molecule has 0 aliphatic rings. The number of aliphatic carboxylic acids is 1. The van der Waals surface area contributed by atoms with Crippen LogP contribution in [0.25, 0.3) is 11.9 Å². The van der Waals surface area contributed by atoms with Gasteiger partial charge >= 0.3 is 5.97 Å². The monoisotopic (exact) mass is 273 g/mol. The molecular formula is C15H19N3O2. The minimum atomic E-state index is -0.969. The number of aromatic amines is 1. The highest BCUT2D eigenvalue weighted by Gasteiger charge is 2.13. The highest BCUT2D eigenvalue weighted by atomic mass is 16.4. The van der Waals surface area contributed by atoms with Crippen LogP contribution in [-0.4, -0.2) is 25.6 Å². The Bertz CT molecular complexity index is 631. The fourth-order valence-electron chi connectivity index (χ4n) is 2.23. The van der Waals surface area contributed by atoms with Crippen molar-refractivity contribution >= 4 is 12.0 Å². The second kappa shape index (κ2) is 5.77. The van der Waals surface area contributed by atoms with Gasteiger partial charge < -0.3 is 14.7 Å². The standard InChI is InChI=1S/C15H19N3O2/c1-4-5-13-16-12(8-9-14(19)20)15(17-13)18-10(2)6-7-11(18)3/h6-9H,4-5H2,1-3H3,(H,16,17)(H,19,20). The summed E-state index contributed by atoms with van der Waals surface area (Å²) in [4.78, 5) is 18.5. The van der Waals surface area contributed by atoms with Crippen molar-refractivity contribution < 1.29 is 9.90 Å². The summed E-state index contributed by atoms with van der Waals surface area (Å²) in [5.74, 6) is 0.662. The molecule has 0 fully saturated rings. The lowest BCUT2D eigenvalue weighted by atomic mass is 10.3. The lowest BCUT2D eigenvalue weighted by Crippen LogP contribution is -2.01. The van der Waals surface area contributed by atoms with Crippen LogP contribution in [0.1, 0.15) is 36.3 Å². The predicted octanol–water partition coefficient (Wildman–Crippen LogP) is 2.87. The Kier molecular flexibility index (Phi) is 4.08. The van der Waals surface area contributed by atoms with Crippen molar-refractivity contribution in [1.29, 1.82) is 0 Å². The number of carboxylic acids is 1. The minimum Gasteiger partial charge on any atom is -0.478 e. The van der Waals surface area contributed by atoms with Gasteiger partial charge in [0.05, 0.1) is 5.69 Å². The Morgan fingerprint density at radius 1 is 1.40 bits per heavy atom.